The number of allylic oxidation sites excluding steroid dienone is 4. The van der Waals surface area contributed by atoms with Gasteiger partial charge in [-0.05, 0) is 25.7 Å². The minimum Gasteiger partial charge on any atom is -0.0882 e. The van der Waals surface area contributed by atoms with Crippen LogP contribution in [-0.2, 0) is 22.4 Å². The molecule has 0 unspecified atom stereocenters. The molecule has 0 aromatic rings. The molecule has 0 atom stereocenters. The first-order valence-corrected chi connectivity index (χ1v) is 3.30. The second kappa shape index (κ2) is 6.34. The molecule has 0 nitrogen and oxygen atoms in total. The van der Waals surface area contributed by atoms with E-state index in [0.717, 1.165) is 0 Å². The van der Waals surface area contributed by atoms with Gasteiger partial charge >= 0.3 is 0 Å². The van der Waals surface area contributed by atoms with Crippen LogP contribution in [0.5, 0.6) is 0 Å². The largest absolute Gasteiger partial charge is 0.0882 e. The maximum atomic E-state index is 2.27. The van der Waals surface area contributed by atoms with E-state index in [1.54, 1.807) is 0 Å². The van der Waals surface area contributed by atoms with E-state index in [-0.39, 0.29) is 22.4 Å². The Balaban J connectivity index is 0.000000640. The number of hydrogen-bond donors (Lipinski definition) is 0. The van der Waals surface area contributed by atoms with Gasteiger partial charge in [0.1, 0.15) is 0 Å². The molecule has 9 heavy (non-hydrogen) atoms. The third-order valence-corrected chi connectivity index (χ3v) is 1.33. The Morgan fingerprint density at radius 2 is 0.778 bits per heavy atom. The molecule has 0 saturated carbocycles. The van der Waals surface area contributed by atoms with Crippen LogP contribution < -0.4 is 0 Å². The molecule has 1 aliphatic carbocycles. The Kier molecular flexibility index (Phi) is 6.50. The van der Waals surface area contributed by atoms with Crippen LogP contribution in [-0.4, -0.2) is 0 Å². The van der Waals surface area contributed by atoms with Crippen molar-refractivity contribution in [3.8, 4) is 0 Å². The van der Waals surface area contributed by atoms with Gasteiger partial charge in [-0.25, -0.2) is 0 Å². The van der Waals surface area contributed by atoms with E-state index < -0.39 is 0 Å². The first kappa shape index (κ1) is 9.22. The quantitative estimate of drug-likeness (QED) is 0.431. The van der Waals surface area contributed by atoms with Crippen molar-refractivity contribution in [1.29, 1.82) is 0 Å². The summed E-state index contributed by atoms with van der Waals surface area (Å²) in [6.07, 6.45) is 14.0. The molecule has 0 spiro atoms. The van der Waals surface area contributed by atoms with Crippen molar-refractivity contribution in [1.82, 2.24) is 0 Å². The SMILES string of the molecule is C1=CCCC=CCC1.[Ag]. The molecule has 1 rings (SSSR count). The van der Waals surface area contributed by atoms with Crippen LogP contribution in [0.15, 0.2) is 24.3 Å². The van der Waals surface area contributed by atoms with Gasteiger partial charge in [0.2, 0.25) is 0 Å². The first-order chi connectivity index (χ1) is 4.00. The third kappa shape index (κ3) is 4.71. The zero-order valence-electron chi connectivity index (χ0n) is 5.44. The van der Waals surface area contributed by atoms with E-state index >= 15 is 0 Å². The van der Waals surface area contributed by atoms with Gasteiger partial charge in [0.25, 0.3) is 0 Å². The van der Waals surface area contributed by atoms with Crippen LogP contribution in [0.25, 0.3) is 0 Å². The van der Waals surface area contributed by atoms with Gasteiger partial charge in [-0.1, -0.05) is 24.3 Å². The molecule has 1 aliphatic rings. The van der Waals surface area contributed by atoms with Crippen molar-refractivity contribution in [3.63, 3.8) is 0 Å². The van der Waals surface area contributed by atoms with Gasteiger partial charge in [0.05, 0.1) is 0 Å². The average Bonchev–Trinajstić information content (AvgIpc) is 1.62. The third-order valence-electron chi connectivity index (χ3n) is 1.33. The molecule has 0 heterocycles. The van der Waals surface area contributed by atoms with Gasteiger partial charge in [-0.3, -0.25) is 0 Å². The zero-order chi connectivity index (χ0) is 5.66. The van der Waals surface area contributed by atoms with Gasteiger partial charge in [-0.2, -0.15) is 0 Å². The van der Waals surface area contributed by atoms with Gasteiger partial charge < -0.3 is 0 Å². The summed E-state index contributed by atoms with van der Waals surface area (Å²) in [5.41, 5.74) is 0. The second-order valence-corrected chi connectivity index (χ2v) is 2.10. The zero-order valence-corrected chi connectivity index (χ0v) is 6.92. The fourth-order valence-corrected chi connectivity index (χ4v) is 0.856. The van der Waals surface area contributed by atoms with Gasteiger partial charge in [-0.15, -0.1) is 0 Å². The summed E-state index contributed by atoms with van der Waals surface area (Å²) in [7, 11) is 0. The van der Waals surface area contributed by atoms with Crippen molar-refractivity contribution in [3.05, 3.63) is 24.3 Å². The Morgan fingerprint density at radius 1 is 0.556 bits per heavy atom. The summed E-state index contributed by atoms with van der Waals surface area (Å²) >= 11 is 0. The maximum Gasteiger partial charge on any atom is 0 e. The monoisotopic (exact) mass is 215 g/mol. The Bertz CT molecular complexity index is 77.1. The molecule has 0 aromatic heterocycles. The molecule has 0 aliphatic heterocycles. The maximum absolute atomic E-state index is 2.27. The summed E-state index contributed by atoms with van der Waals surface area (Å²) in [6, 6.07) is 0. The summed E-state index contributed by atoms with van der Waals surface area (Å²) in [5.74, 6) is 0. The summed E-state index contributed by atoms with van der Waals surface area (Å²) in [6.45, 7) is 0. The van der Waals surface area contributed by atoms with Gasteiger partial charge in [0.15, 0.2) is 0 Å². The Hall–Kier alpha value is 0.220. The van der Waals surface area contributed by atoms with E-state index in [1.165, 1.54) is 25.7 Å². The molecule has 0 saturated heterocycles. The van der Waals surface area contributed by atoms with E-state index in [9.17, 15) is 0 Å². The molecule has 0 N–H and O–H groups in total. The smallest absolute Gasteiger partial charge is 0 e. The average molecular weight is 216 g/mol. The molecule has 0 bridgehead atoms. The van der Waals surface area contributed by atoms with E-state index in [2.05, 4.69) is 24.3 Å². The standard InChI is InChI=1S/C8H12.Ag/c1-2-4-6-8-7-5-3-1;/h1-2,7-8H,3-6H2;. The minimum absolute atomic E-state index is 0. The summed E-state index contributed by atoms with van der Waals surface area (Å²) < 4.78 is 0. The molecule has 0 aromatic carbocycles. The topological polar surface area (TPSA) is 0 Å². The van der Waals surface area contributed by atoms with Crippen molar-refractivity contribution >= 4 is 0 Å². The van der Waals surface area contributed by atoms with Crippen LogP contribution in [0.2, 0.25) is 0 Å². The molecular weight excluding hydrogens is 204 g/mol. The van der Waals surface area contributed by atoms with Crippen LogP contribution in [0, 0.1) is 0 Å². The van der Waals surface area contributed by atoms with E-state index in [1.807, 2.05) is 0 Å². The number of rotatable bonds is 0. The second-order valence-electron chi connectivity index (χ2n) is 2.10. The van der Waals surface area contributed by atoms with Crippen LogP contribution in [0.3, 0.4) is 0 Å². The number of hydrogen-bond acceptors (Lipinski definition) is 0. The fraction of sp³-hybridized carbons (Fsp3) is 0.500. The molecule has 1 heteroatoms. The van der Waals surface area contributed by atoms with Crippen molar-refractivity contribution in [2.24, 2.45) is 0 Å². The first-order valence-electron chi connectivity index (χ1n) is 3.30. The molecule has 1 radical (unpaired) electrons. The van der Waals surface area contributed by atoms with Crippen molar-refractivity contribution in [2.45, 2.75) is 25.7 Å². The van der Waals surface area contributed by atoms with Crippen LogP contribution in [0.1, 0.15) is 25.7 Å². The molecule has 0 fully saturated rings. The minimum atomic E-state index is 0. The van der Waals surface area contributed by atoms with E-state index in [4.69, 9.17) is 0 Å². The molecule has 55 valence electrons. The summed E-state index contributed by atoms with van der Waals surface area (Å²) in [5, 5.41) is 0. The Labute approximate surface area is 72.5 Å². The normalized spacial score (nSPS) is 17.8. The summed E-state index contributed by atoms with van der Waals surface area (Å²) in [4.78, 5) is 0. The molecule has 0 amide bonds. The van der Waals surface area contributed by atoms with Crippen LogP contribution >= 0.6 is 0 Å². The van der Waals surface area contributed by atoms with Gasteiger partial charge in [0, 0.05) is 22.4 Å². The van der Waals surface area contributed by atoms with Crippen LogP contribution in [0.4, 0.5) is 0 Å². The molecular formula is C8H12Ag. The van der Waals surface area contributed by atoms with E-state index in [0.29, 0.717) is 0 Å². The fourth-order valence-electron chi connectivity index (χ4n) is 0.856. The van der Waals surface area contributed by atoms with Crippen molar-refractivity contribution < 1.29 is 22.4 Å². The predicted molar refractivity (Wildman–Crippen MR) is 36.7 cm³/mol. The van der Waals surface area contributed by atoms with Crippen molar-refractivity contribution in [2.75, 3.05) is 0 Å². The Morgan fingerprint density at radius 3 is 1.00 bits per heavy atom. The predicted octanol–water partition coefficient (Wildman–Crippen LogP) is 2.67.